The van der Waals surface area contributed by atoms with E-state index < -0.39 is 0 Å². The molecule has 3 amide bonds. The smallest absolute Gasteiger partial charge is 0.326 e. The highest BCUT2D eigenvalue weighted by Crippen LogP contribution is 2.25. The summed E-state index contributed by atoms with van der Waals surface area (Å²) in [5, 5.41) is 6.24. The first-order valence-corrected chi connectivity index (χ1v) is 9.52. The molecule has 3 N–H and O–H groups in total. The van der Waals surface area contributed by atoms with Crippen LogP contribution in [0, 0.1) is 6.92 Å². The van der Waals surface area contributed by atoms with Gasteiger partial charge in [-0.05, 0) is 55.8 Å². The highest BCUT2D eigenvalue weighted by molar-refractivity contribution is 6.31. The zero-order valence-electron chi connectivity index (χ0n) is 16.0. The van der Waals surface area contributed by atoms with Gasteiger partial charge in [0.1, 0.15) is 5.82 Å². The number of aromatic amines is 1. The summed E-state index contributed by atoms with van der Waals surface area (Å²) >= 11 is 6.01. The Kier molecular flexibility index (Phi) is 4.76. The number of urea groups is 1. The van der Waals surface area contributed by atoms with Crippen LogP contribution in [0.25, 0.3) is 11.0 Å². The number of anilines is 1. The number of aryl methyl sites for hydroxylation is 1. The fraction of sp³-hybridized carbons (Fsp3) is 0.190. The van der Waals surface area contributed by atoms with Crippen molar-refractivity contribution >= 4 is 40.3 Å². The second-order valence-corrected chi connectivity index (χ2v) is 7.54. The Bertz CT molecular complexity index is 1150. The molecule has 7 nitrogen and oxygen atoms in total. The lowest BCUT2D eigenvalue weighted by Gasteiger charge is -2.18. The summed E-state index contributed by atoms with van der Waals surface area (Å²) in [5.74, 6) is 0.428. The van der Waals surface area contributed by atoms with Gasteiger partial charge in [-0.15, -0.1) is 0 Å². The molecular weight excluding hydrogens is 390 g/mol. The van der Waals surface area contributed by atoms with Crippen LogP contribution in [0.1, 0.15) is 34.7 Å². The number of nitrogens with one attached hydrogen (secondary N) is 3. The summed E-state index contributed by atoms with van der Waals surface area (Å²) < 4.78 is 0. The van der Waals surface area contributed by atoms with Crippen LogP contribution in [0.5, 0.6) is 0 Å². The normalized spacial score (nSPS) is 14.9. The number of H-pyrrole nitrogens is 1. The molecule has 148 valence electrons. The van der Waals surface area contributed by atoms with Crippen LogP contribution in [0.15, 0.2) is 48.7 Å². The van der Waals surface area contributed by atoms with Crippen molar-refractivity contribution in [3.05, 3.63) is 70.6 Å². The first kappa shape index (κ1) is 19.0. The minimum atomic E-state index is -0.318. The molecular formula is C21H20ClN5O2. The molecule has 0 saturated carbocycles. The average Bonchev–Trinajstić information content (AvgIpc) is 3.23. The van der Waals surface area contributed by atoms with Gasteiger partial charge in [0.2, 0.25) is 0 Å². The number of hydrogen-bond acceptors (Lipinski definition) is 3. The van der Waals surface area contributed by atoms with Crippen molar-refractivity contribution in [2.45, 2.75) is 19.9 Å². The number of aromatic nitrogens is 2. The maximum absolute atomic E-state index is 12.7. The van der Waals surface area contributed by atoms with Crippen LogP contribution in [0.4, 0.5) is 10.5 Å². The molecule has 1 saturated heterocycles. The SMILES string of the molecule is C=C1CN(c2ccc(C(=O)N[C@@H](C)c3nc4cc(Cl)ccc4[nH]3)cc2C)C(=O)N1. The molecule has 29 heavy (non-hydrogen) atoms. The van der Waals surface area contributed by atoms with E-state index in [0.29, 0.717) is 28.7 Å². The number of amides is 3. The van der Waals surface area contributed by atoms with Gasteiger partial charge in [-0.1, -0.05) is 18.2 Å². The van der Waals surface area contributed by atoms with E-state index in [1.54, 1.807) is 35.2 Å². The summed E-state index contributed by atoms with van der Waals surface area (Å²) in [6.07, 6.45) is 0. The summed E-state index contributed by atoms with van der Waals surface area (Å²) in [5.41, 5.74) is 4.34. The molecule has 3 aromatic rings. The largest absolute Gasteiger partial charge is 0.342 e. The fourth-order valence-corrected chi connectivity index (χ4v) is 3.53. The molecule has 4 rings (SSSR count). The van der Waals surface area contributed by atoms with Crippen LogP contribution < -0.4 is 15.5 Å². The van der Waals surface area contributed by atoms with E-state index in [0.717, 1.165) is 22.3 Å². The van der Waals surface area contributed by atoms with Crippen LogP contribution >= 0.6 is 11.6 Å². The van der Waals surface area contributed by atoms with Gasteiger partial charge in [-0.2, -0.15) is 0 Å². The molecule has 1 aromatic heterocycles. The van der Waals surface area contributed by atoms with Crippen molar-refractivity contribution in [1.82, 2.24) is 20.6 Å². The first-order valence-electron chi connectivity index (χ1n) is 9.15. The predicted molar refractivity (Wildman–Crippen MR) is 113 cm³/mol. The predicted octanol–water partition coefficient (Wildman–Crippen LogP) is 4.06. The third kappa shape index (κ3) is 3.69. The van der Waals surface area contributed by atoms with Gasteiger partial charge < -0.3 is 15.6 Å². The summed E-state index contributed by atoms with van der Waals surface area (Å²) in [6.45, 7) is 7.93. The Hall–Kier alpha value is -3.32. The van der Waals surface area contributed by atoms with Gasteiger partial charge in [0.15, 0.2) is 0 Å². The molecule has 0 spiro atoms. The van der Waals surface area contributed by atoms with E-state index in [-0.39, 0.29) is 18.0 Å². The number of nitrogens with zero attached hydrogens (tertiary/aromatic N) is 2. The van der Waals surface area contributed by atoms with Crippen molar-refractivity contribution in [3.8, 4) is 0 Å². The van der Waals surface area contributed by atoms with Crippen LogP contribution in [-0.2, 0) is 0 Å². The zero-order chi connectivity index (χ0) is 20.7. The minimum absolute atomic E-state index is 0.214. The lowest BCUT2D eigenvalue weighted by molar-refractivity contribution is 0.0938. The van der Waals surface area contributed by atoms with Gasteiger partial charge >= 0.3 is 6.03 Å². The quantitative estimate of drug-likeness (QED) is 0.607. The number of fused-ring (bicyclic) bond motifs is 1. The third-order valence-corrected chi connectivity index (χ3v) is 5.08. The van der Waals surface area contributed by atoms with Gasteiger partial charge in [-0.25, -0.2) is 9.78 Å². The average molecular weight is 410 g/mol. The number of carbonyl (C=O) groups is 2. The lowest BCUT2D eigenvalue weighted by atomic mass is 10.1. The number of rotatable bonds is 4. The van der Waals surface area contributed by atoms with E-state index in [4.69, 9.17) is 11.6 Å². The maximum atomic E-state index is 12.7. The van der Waals surface area contributed by atoms with Crippen molar-refractivity contribution in [2.75, 3.05) is 11.4 Å². The molecule has 2 aromatic carbocycles. The van der Waals surface area contributed by atoms with E-state index in [9.17, 15) is 9.59 Å². The Labute approximate surface area is 172 Å². The highest BCUT2D eigenvalue weighted by Gasteiger charge is 2.25. The molecule has 0 bridgehead atoms. The first-order chi connectivity index (χ1) is 13.8. The fourth-order valence-electron chi connectivity index (χ4n) is 3.37. The zero-order valence-corrected chi connectivity index (χ0v) is 16.8. The van der Waals surface area contributed by atoms with Crippen molar-refractivity contribution in [2.24, 2.45) is 0 Å². The Morgan fingerprint density at radius 3 is 2.79 bits per heavy atom. The monoisotopic (exact) mass is 409 g/mol. The third-order valence-electron chi connectivity index (χ3n) is 4.85. The van der Waals surface area contributed by atoms with Gasteiger partial charge in [0, 0.05) is 22.0 Å². The number of benzene rings is 2. The van der Waals surface area contributed by atoms with Gasteiger partial charge in [-0.3, -0.25) is 9.69 Å². The summed E-state index contributed by atoms with van der Waals surface area (Å²) in [7, 11) is 0. The number of halogens is 1. The highest BCUT2D eigenvalue weighted by atomic mass is 35.5. The van der Waals surface area contributed by atoms with E-state index in [1.807, 2.05) is 19.9 Å². The summed E-state index contributed by atoms with van der Waals surface area (Å²) in [4.78, 5) is 34.0. The molecule has 1 aliphatic heterocycles. The standard InChI is InChI=1S/C21H20ClN5O2/c1-11-8-14(4-7-18(11)27-10-12(2)23-21(27)29)20(28)24-13(3)19-25-16-6-5-15(22)9-17(16)26-19/h4-9,13H,2,10H2,1,3H3,(H,23,29)(H,24,28)(H,25,26)/t13-/m0/s1. The van der Waals surface area contributed by atoms with E-state index >= 15 is 0 Å². The Morgan fingerprint density at radius 2 is 2.10 bits per heavy atom. The van der Waals surface area contributed by atoms with E-state index in [2.05, 4.69) is 27.2 Å². The van der Waals surface area contributed by atoms with Crippen LogP contribution in [0.2, 0.25) is 5.02 Å². The molecule has 8 heteroatoms. The topological polar surface area (TPSA) is 90.1 Å². The molecule has 0 radical (unpaired) electrons. The number of hydrogen-bond donors (Lipinski definition) is 3. The van der Waals surface area contributed by atoms with E-state index in [1.165, 1.54) is 0 Å². The van der Waals surface area contributed by atoms with Crippen LogP contribution in [-0.4, -0.2) is 28.5 Å². The molecule has 1 atom stereocenters. The Morgan fingerprint density at radius 1 is 1.31 bits per heavy atom. The van der Waals surface area contributed by atoms with Crippen LogP contribution in [0.3, 0.4) is 0 Å². The number of carbonyl (C=O) groups excluding carboxylic acids is 2. The second kappa shape index (κ2) is 7.25. The van der Waals surface area contributed by atoms with Crippen molar-refractivity contribution in [1.29, 1.82) is 0 Å². The maximum Gasteiger partial charge on any atom is 0.326 e. The lowest BCUT2D eigenvalue weighted by Crippen LogP contribution is -2.29. The van der Waals surface area contributed by atoms with Crippen molar-refractivity contribution in [3.63, 3.8) is 0 Å². The molecule has 1 aliphatic rings. The molecule has 0 aliphatic carbocycles. The second-order valence-electron chi connectivity index (χ2n) is 7.10. The van der Waals surface area contributed by atoms with Gasteiger partial charge in [0.25, 0.3) is 5.91 Å². The minimum Gasteiger partial charge on any atom is -0.342 e. The van der Waals surface area contributed by atoms with Gasteiger partial charge in [0.05, 0.1) is 23.6 Å². The molecule has 1 fully saturated rings. The number of imidazole rings is 1. The Balaban J connectivity index is 1.51. The summed E-state index contributed by atoms with van der Waals surface area (Å²) in [6, 6.07) is 10.1. The molecule has 0 unspecified atom stereocenters. The van der Waals surface area contributed by atoms with Crippen molar-refractivity contribution < 1.29 is 9.59 Å². The molecule has 2 heterocycles.